The molecule has 1 amide bonds. The maximum Gasteiger partial charge on any atom is 0.269 e. The van der Waals surface area contributed by atoms with Crippen LogP contribution in [-0.4, -0.2) is 28.0 Å². The van der Waals surface area contributed by atoms with Crippen molar-refractivity contribution in [1.29, 1.82) is 0 Å². The predicted molar refractivity (Wildman–Crippen MR) is 78.4 cm³/mol. The van der Waals surface area contributed by atoms with Gasteiger partial charge in [-0.15, -0.1) is 0 Å². The van der Waals surface area contributed by atoms with Gasteiger partial charge < -0.3 is 5.73 Å². The van der Waals surface area contributed by atoms with Gasteiger partial charge in [0, 0.05) is 22.8 Å². The first-order valence-electron chi connectivity index (χ1n) is 6.49. The van der Waals surface area contributed by atoms with Gasteiger partial charge in [0.1, 0.15) is 5.82 Å². The second-order valence-electron chi connectivity index (χ2n) is 5.06. The fourth-order valence-corrected chi connectivity index (χ4v) is 2.78. The standard InChI is InChI=1S/C13H19BrN4O/c1-8-4-3-5-9(2)18(8)17-13(19)11-6-10(14)7-16-12(11)15/h6-9H,3-5H2,1-2H3,(H2,15,16)(H,17,19). The van der Waals surface area contributed by atoms with Crippen LogP contribution < -0.4 is 11.2 Å². The van der Waals surface area contributed by atoms with Crippen molar-refractivity contribution in [2.75, 3.05) is 5.73 Å². The Morgan fingerprint density at radius 2 is 2.11 bits per heavy atom. The molecule has 104 valence electrons. The van der Waals surface area contributed by atoms with Crippen LogP contribution in [0.4, 0.5) is 5.82 Å². The van der Waals surface area contributed by atoms with Crippen molar-refractivity contribution in [2.45, 2.75) is 45.2 Å². The van der Waals surface area contributed by atoms with E-state index in [1.54, 1.807) is 12.3 Å². The Morgan fingerprint density at radius 1 is 1.47 bits per heavy atom. The van der Waals surface area contributed by atoms with Crippen molar-refractivity contribution in [3.05, 3.63) is 22.3 Å². The molecule has 2 unspecified atom stereocenters. The third-order valence-corrected chi connectivity index (χ3v) is 3.99. The van der Waals surface area contributed by atoms with Gasteiger partial charge in [-0.2, -0.15) is 0 Å². The molecule has 0 spiro atoms. The Labute approximate surface area is 121 Å². The molecule has 1 saturated heterocycles. The van der Waals surface area contributed by atoms with E-state index in [1.807, 2.05) is 5.01 Å². The van der Waals surface area contributed by atoms with Gasteiger partial charge in [0.25, 0.3) is 5.91 Å². The average molecular weight is 327 g/mol. The van der Waals surface area contributed by atoms with E-state index < -0.39 is 0 Å². The molecule has 0 radical (unpaired) electrons. The first-order valence-corrected chi connectivity index (χ1v) is 7.28. The Kier molecular flexibility index (Phi) is 4.42. The van der Waals surface area contributed by atoms with Gasteiger partial charge in [0.05, 0.1) is 5.56 Å². The van der Waals surface area contributed by atoms with Crippen LogP contribution in [0.1, 0.15) is 43.5 Å². The van der Waals surface area contributed by atoms with Crippen molar-refractivity contribution in [1.82, 2.24) is 15.4 Å². The zero-order valence-electron chi connectivity index (χ0n) is 11.2. The van der Waals surface area contributed by atoms with Crippen molar-refractivity contribution in [3.8, 4) is 0 Å². The lowest BCUT2D eigenvalue weighted by molar-refractivity contribution is 0.0370. The lowest BCUT2D eigenvalue weighted by Crippen LogP contribution is -2.54. The largest absolute Gasteiger partial charge is 0.383 e. The summed E-state index contributed by atoms with van der Waals surface area (Å²) in [5.74, 6) is 0.0462. The van der Waals surface area contributed by atoms with Crippen LogP contribution in [0.5, 0.6) is 0 Å². The van der Waals surface area contributed by atoms with Crippen LogP contribution in [0.25, 0.3) is 0 Å². The fraction of sp³-hybridized carbons (Fsp3) is 0.538. The second-order valence-corrected chi connectivity index (χ2v) is 5.98. The van der Waals surface area contributed by atoms with Crippen LogP contribution >= 0.6 is 15.9 Å². The van der Waals surface area contributed by atoms with Crippen molar-refractivity contribution >= 4 is 27.7 Å². The molecule has 0 bridgehead atoms. The third-order valence-electron chi connectivity index (χ3n) is 3.55. The molecule has 19 heavy (non-hydrogen) atoms. The molecular formula is C13H19BrN4O. The molecule has 6 heteroatoms. The molecular weight excluding hydrogens is 308 g/mol. The third kappa shape index (κ3) is 3.25. The number of nitrogens with two attached hydrogens (primary N) is 1. The number of nitrogens with one attached hydrogen (secondary N) is 1. The smallest absolute Gasteiger partial charge is 0.269 e. The number of hydrogen-bond acceptors (Lipinski definition) is 4. The number of pyridine rings is 1. The van der Waals surface area contributed by atoms with Gasteiger partial charge in [-0.1, -0.05) is 6.42 Å². The van der Waals surface area contributed by atoms with Crippen molar-refractivity contribution in [3.63, 3.8) is 0 Å². The first kappa shape index (κ1) is 14.3. The molecule has 1 fully saturated rings. The molecule has 5 nitrogen and oxygen atoms in total. The number of nitrogen functional groups attached to an aromatic ring is 1. The number of aromatic nitrogens is 1. The minimum Gasteiger partial charge on any atom is -0.383 e. The zero-order valence-corrected chi connectivity index (χ0v) is 12.8. The molecule has 0 saturated carbocycles. The summed E-state index contributed by atoms with van der Waals surface area (Å²) >= 11 is 3.30. The summed E-state index contributed by atoms with van der Waals surface area (Å²) in [5.41, 5.74) is 9.11. The summed E-state index contributed by atoms with van der Waals surface area (Å²) in [5, 5.41) is 2.02. The molecule has 0 aromatic carbocycles. The quantitative estimate of drug-likeness (QED) is 0.875. The molecule has 3 N–H and O–H groups in total. The molecule has 2 rings (SSSR count). The number of anilines is 1. The van der Waals surface area contributed by atoms with Crippen molar-refractivity contribution in [2.24, 2.45) is 0 Å². The SMILES string of the molecule is CC1CCCC(C)N1NC(=O)c1cc(Br)cnc1N. The van der Waals surface area contributed by atoms with E-state index in [0.717, 1.165) is 17.3 Å². The van der Waals surface area contributed by atoms with Gasteiger partial charge in [-0.05, 0) is 48.7 Å². The summed E-state index contributed by atoms with van der Waals surface area (Å²) < 4.78 is 0.742. The topological polar surface area (TPSA) is 71.2 Å². The van der Waals surface area contributed by atoms with Gasteiger partial charge in [0.15, 0.2) is 0 Å². The summed E-state index contributed by atoms with van der Waals surface area (Å²) in [6.45, 7) is 4.25. The number of nitrogens with zero attached hydrogens (tertiary/aromatic N) is 2. The minimum atomic E-state index is -0.202. The Hall–Kier alpha value is -1.14. The molecule has 2 atom stereocenters. The summed E-state index contributed by atoms with van der Waals surface area (Å²) in [6.07, 6.45) is 4.97. The second kappa shape index (κ2) is 5.88. The van der Waals surface area contributed by atoms with Gasteiger partial charge in [-0.25, -0.2) is 9.99 Å². The maximum absolute atomic E-state index is 12.3. The summed E-state index contributed by atoms with van der Waals surface area (Å²) in [4.78, 5) is 16.3. The lowest BCUT2D eigenvalue weighted by atomic mass is 10.00. The number of hydrazine groups is 1. The van der Waals surface area contributed by atoms with E-state index in [0.29, 0.717) is 17.6 Å². The number of amides is 1. The number of carbonyl (C=O) groups excluding carboxylic acids is 1. The first-order chi connectivity index (χ1) is 8.99. The zero-order chi connectivity index (χ0) is 14.0. The van der Waals surface area contributed by atoms with Crippen molar-refractivity contribution < 1.29 is 4.79 Å². The molecule has 2 heterocycles. The average Bonchev–Trinajstić information content (AvgIpc) is 2.37. The van der Waals surface area contributed by atoms with E-state index in [4.69, 9.17) is 5.73 Å². The fourth-order valence-electron chi connectivity index (χ4n) is 2.45. The summed E-state index contributed by atoms with van der Waals surface area (Å²) in [7, 11) is 0. The lowest BCUT2D eigenvalue weighted by Gasteiger charge is -2.38. The number of hydrogen-bond donors (Lipinski definition) is 2. The van der Waals surface area contributed by atoms with Crippen LogP contribution in [-0.2, 0) is 0 Å². The normalized spacial score (nSPS) is 24.2. The highest BCUT2D eigenvalue weighted by Crippen LogP contribution is 2.21. The Balaban J connectivity index is 2.14. The Morgan fingerprint density at radius 3 is 2.74 bits per heavy atom. The van der Waals surface area contributed by atoms with Crippen LogP contribution in [0.3, 0.4) is 0 Å². The van der Waals surface area contributed by atoms with Gasteiger partial charge in [-0.3, -0.25) is 10.2 Å². The van der Waals surface area contributed by atoms with E-state index in [2.05, 4.69) is 40.2 Å². The molecule has 1 aliphatic heterocycles. The van der Waals surface area contributed by atoms with Crippen LogP contribution in [0.15, 0.2) is 16.7 Å². The monoisotopic (exact) mass is 326 g/mol. The summed E-state index contributed by atoms with van der Waals surface area (Å²) in [6, 6.07) is 2.37. The van der Waals surface area contributed by atoms with E-state index in [1.165, 1.54) is 6.42 Å². The van der Waals surface area contributed by atoms with Gasteiger partial charge in [0.2, 0.25) is 0 Å². The number of carbonyl (C=O) groups is 1. The van der Waals surface area contributed by atoms with Gasteiger partial charge >= 0.3 is 0 Å². The van der Waals surface area contributed by atoms with E-state index in [-0.39, 0.29) is 11.7 Å². The molecule has 0 aliphatic carbocycles. The highest BCUT2D eigenvalue weighted by Gasteiger charge is 2.27. The molecule has 1 aromatic heterocycles. The van der Waals surface area contributed by atoms with Crippen LogP contribution in [0, 0.1) is 0 Å². The molecule has 1 aromatic rings. The Bertz CT molecular complexity index is 470. The number of piperidine rings is 1. The minimum absolute atomic E-state index is 0.202. The van der Waals surface area contributed by atoms with E-state index in [9.17, 15) is 4.79 Å². The highest BCUT2D eigenvalue weighted by atomic mass is 79.9. The number of halogens is 1. The van der Waals surface area contributed by atoms with Crippen LogP contribution in [0.2, 0.25) is 0 Å². The highest BCUT2D eigenvalue weighted by molar-refractivity contribution is 9.10. The predicted octanol–water partition coefficient (Wildman–Crippen LogP) is 2.33. The molecule has 1 aliphatic rings. The number of rotatable bonds is 2. The van der Waals surface area contributed by atoms with E-state index >= 15 is 0 Å². The maximum atomic E-state index is 12.3.